The number of ether oxygens (including phenoxy) is 1. The summed E-state index contributed by atoms with van der Waals surface area (Å²) in [6.07, 6.45) is 0. The van der Waals surface area contributed by atoms with E-state index >= 15 is 0 Å². The van der Waals surface area contributed by atoms with E-state index in [1.165, 1.54) is 11.8 Å². The van der Waals surface area contributed by atoms with Gasteiger partial charge in [-0.1, -0.05) is 6.07 Å². The first kappa shape index (κ1) is 11.0. The van der Waals surface area contributed by atoms with Gasteiger partial charge in [-0.2, -0.15) is 0 Å². The van der Waals surface area contributed by atoms with Crippen molar-refractivity contribution in [1.29, 1.82) is 0 Å². The zero-order valence-corrected chi connectivity index (χ0v) is 9.01. The number of carbonyl (C=O) groups is 1. The van der Waals surface area contributed by atoms with Gasteiger partial charge in [-0.05, 0) is 12.1 Å². The summed E-state index contributed by atoms with van der Waals surface area (Å²) in [6.45, 7) is 0. The molecule has 17 heavy (non-hydrogen) atoms. The molecule has 88 valence electrons. The lowest BCUT2D eigenvalue weighted by atomic mass is 10.3. The lowest BCUT2D eigenvalue weighted by Gasteiger charge is -2.07. The summed E-state index contributed by atoms with van der Waals surface area (Å²) in [5, 5.41) is 11.4. The third-order valence-corrected chi connectivity index (χ3v) is 2.26. The molecule has 1 heterocycles. The molecular weight excluding hydrogens is 224 g/mol. The molecule has 0 bridgehead atoms. The molecule has 0 aliphatic heterocycles. The minimum absolute atomic E-state index is 0.122. The molecule has 0 unspecified atom stereocenters. The summed E-state index contributed by atoms with van der Waals surface area (Å²) in [6, 6.07) is 7.76. The Morgan fingerprint density at radius 2 is 2.18 bits per heavy atom. The lowest BCUT2D eigenvalue weighted by molar-refractivity contribution is 0.0687. The van der Waals surface area contributed by atoms with Crippen molar-refractivity contribution in [3.63, 3.8) is 0 Å². The summed E-state index contributed by atoms with van der Waals surface area (Å²) < 4.78 is 6.23. The fraction of sp³-hybridized carbons (Fsp3) is 0.0909. The zero-order chi connectivity index (χ0) is 12.4. The van der Waals surface area contributed by atoms with Gasteiger partial charge in [-0.3, -0.25) is 9.89 Å². The van der Waals surface area contributed by atoms with Crippen molar-refractivity contribution in [2.24, 2.45) is 0 Å². The number of aromatic amines is 1. The van der Waals surface area contributed by atoms with E-state index in [2.05, 4.69) is 5.10 Å². The molecule has 1 aromatic carbocycles. The van der Waals surface area contributed by atoms with Crippen LogP contribution in [-0.2, 0) is 0 Å². The number of carboxylic acid groups (broad SMARTS) is 1. The van der Waals surface area contributed by atoms with Gasteiger partial charge in [0.2, 0.25) is 0 Å². The molecule has 0 saturated heterocycles. The second kappa shape index (κ2) is 4.17. The zero-order valence-electron chi connectivity index (χ0n) is 9.01. The first-order valence-corrected chi connectivity index (χ1v) is 4.81. The number of rotatable bonds is 3. The van der Waals surface area contributed by atoms with Crippen molar-refractivity contribution in [2.75, 3.05) is 7.11 Å². The molecule has 2 rings (SSSR count). The summed E-state index contributed by atoms with van der Waals surface area (Å²) in [7, 11) is 1.51. The molecule has 1 aromatic heterocycles. The number of benzene rings is 1. The number of hydrogen-bond donors (Lipinski definition) is 2. The summed E-state index contributed by atoms with van der Waals surface area (Å²) in [5.74, 6) is -0.598. The minimum Gasteiger partial charge on any atom is -0.497 e. The van der Waals surface area contributed by atoms with Gasteiger partial charge >= 0.3 is 5.97 Å². The van der Waals surface area contributed by atoms with Gasteiger partial charge in [-0.25, -0.2) is 9.48 Å². The van der Waals surface area contributed by atoms with Crippen LogP contribution in [0.1, 0.15) is 10.5 Å². The highest BCUT2D eigenvalue weighted by Crippen LogP contribution is 2.16. The summed E-state index contributed by atoms with van der Waals surface area (Å²) >= 11 is 0. The fourth-order valence-corrected chi connectivity index (χ4v) is 1.50. The smallest absolute Gasteiger partial charge is 0.354 e. The van der Waals surface area contributed by atoms with Gasteiger partial charge < -0.3 is 9.84 Å². The Labute approximate surface area is 96.1 Å². The van der Waals surface area contributed by atoms with Crippen LogP contribution in [0.15, 0.2) is 35.1 Å². The Morgan fingerprint density at radius 1 is 1.41 bits per heavy atom. The Hall–Kier alpha value is -2.50. The van der Waals surface area contributed by atoms with Crippen LogP contribution in [0.25, 0.3) is 5.69 Å². The van der Waals surface area contributed by atoms with Crippen LogP contribution in [0.5, 0.6) is 5.75 Å². The number of H-pyrrole nitrogens is 1. The summed E-state index contributed by atoms with van der Waals surface area (Å²) in [4.78, 5) is 22.1. The molecule has 0 saturated carbocycles. The SMILES string of the molecule is COc1cccc(-n2[nH]c(=O)cc2C(=O)O)c1. The average molecular weight is 234 g/mol. The van der Waals surface area contributed by atoms with E-state index in [9.17, 15) is 9.59 Å². The first-order valence-electron chi connectivity index (χ1n) is 4.81. The number of carboxylic acids is 1. The van der Waals surface area contributed by atoms with E-state index in [-0.39, 0.29) is 5.69 Å². The van der Waals surface area contributed by atoms with Crippen LogP contribution in [0.2, 0.25) is 0 Å². The second-order valence-corrected chi connectivity index (χ2v) is 3.35. The number of methoxy groups -OCH3 is 1. The standard InChI is InChI=1S/C11H10N2O4/c1-17-8-4-2-3-7(5-8)13-9(11(15)16)6-10(14)12-13/h2-6H,1H3,(H,12,14)(H,15,16). The highest BCUT2D eigenvalue weighted by atomic mass is 16.5. The largest absolute Gasteiger partial charge is 0.497 e. The quantitative estimate of drug-likeness (QED) is 0.825. The third kappa shape index (κ3) is 2.05. The van der Waals surface area contributed by atoms with Crippen LogP contribution in [0.3, 0.4) is 0 Å². The number of nitrogens with zero attached hydrogens (tertiary/aromatic N) is 1. The molecular formula is C11H10N2O4. The number of nitrogens with one attached hydrogen (secondary N) is 1. The Kier molecular flexibility index (Phi) is 2.70. The van der Waals surface area contributed by atoms with Crippen LogP contribution in [0.4, 0.5) is 0 Å². The molecule has 0 aliphatic carbocycles. The third-order valence-electron chi connectivity index (χ3n) is 2.26. The van der Waals surface area contributed by atoms with Crippen LogP contribution in [0, 0.1) is 0 Å². The lowest BCUT2D eigenvalue weighted by Crippen LogP contribution is -2.08. The van der Waals surface area contributed by atoms with Gasteiger partial charge in [-0.15, -0.1) is 0 Å². The number of aromatic nitrogens is 2. The molecule has 2 N–H and O–H groups in total. The highest BCUT2D eigenvalue weighted by Gasteiger charge is 2.13. The monoisotopic (exact) mass is 234 g/mol. The molecule has 0 amide bonds. The molecule has 0 spiro atoms. The van der Waals surface area contributed by atoms with E-state index < -0.39 is 11.5 Å². The van der Waals surface area contributed by atoms with Gasteiger partial charge in [0.1, 0.15) is 5.75 Å². The number of aromatic carboxylic acids is 1. The van der Waals surface area contributed by atoms with Gasteiger partial charge in [0.25, 0.3) is 5.56 Å². The van der Waals surface area contributed by atoms with Crippen molar-refractivity contribution in [3.8, 4) is 11.4 Å². The maximum atomic E-state index is 11.2. The predicted molar refractivity (Wildman–Crippen MR) is 59.9 cm³/mol. The maximum absolute atomic E-state index is 11.2. The molecule has 0 aliphatic rings. The van der Waals surface area contributed by atoms with E-state index in [0.29, 0.717) is 11.4 Å². The highest BCUT2D eigenvalue weighted by molar-refractivity contribution is 5.86. The van der Waals surface area contributed by atoms with Gasteiger partial charge in [0.15, 0.2) is 5.69 Å². The van der Waals surface area contributed by atoms with Crippen molar-refractivity contribution < 1.29 is 14.6 Å². The average Bonchev–Trinajstić information content (AvgIpc) is 2.72. The molecule has 6 heteroatoms. The topological polar surface area (TPSA) is 84.3 Å². The van der Waals surface area contributed by atoms with E-state index in [4.69, 9.17) is 9.84 Å². The molecule has 0 atom stereocenters. The van der Waals surface area contributed by atoms with Crippen molar-refractivity contribution >= 4 is 5.97 Å². The van der Waals surface area contributed by atoms with Crippen LogP contribution < -0.4 is 10.3 Å². The van der Waals surface area contributed by atoms with Crippen LogP contribution >= 0.6 is 0 Å². The molecule has 0 radical (unpaired) electrons. The van der Waals surface area contributed by atoms with Crippen molar-refractivity contribution in [1.82, 2.24) is 9.78 Å². The Bertz CT molecular complexity index is 612. The van der Waals surface area contributed by atoms with Gasteiger partial charge in [0.05, 0.1) is 12.8 Å². The number of hydrogen-bond acceptors (Lipinski definition) is 3. The maximum Gasteiger partial charge on any atom is 0.354 e. The van der Waals surface area contributed by atoms with E-state index in [1.54, 1.807) is 24.3 Å². The van der Waals surface area contributed by atoms with Crippen molar-refractivity contribution in [2.45, 2.75) is 0 Å². The van der Waals surface area contributed by atoms with E-state index in [1.807, 2.05) is 0 Å². The normalized spacial score (nSPS) is 10.2. The van der Waals surface area contributed by atoms with E-state index in [0.717, 1.165) is 6.07 Å². The second-order valence-electron chi connectivity index (χ2n) is 3.35. The van der Waals surface area contributed by atoms with Gasteiger partial charge in [0, 0.05) is 12.1 Å². The fourth-order valence-electron chi connectivity index (χ4n) is 1.50. The predicted octanol–water partition coefficient (Wildman–Crippen LogP) is 0.872. The molecule has 2 aromatic rings. The Balaban J connectivity index is 2.59. The Morgan fingerprint density at radius 3 is 2.82 bits per heavy atom. The minimum atomic E-state index is -1.17. The first-order chi connectivity index (χ1) is 8.11. The molecule has 0 fully saturated rings. The summed E-state index contributed by atoms with van der Waals surface area (Å²) in [5.41, 5.74) is -0.0719. The molecule has 6 nitrogen and oxygen atoms in total. The van der Waals surface area contributed by atoms with Crippen LogP contribution in [-0.4, -0.2) is 28.0 Å². The van der Waals surface area contributed by atoms with Crippen molar-refractivity contribution in [3.05, 3.63) is 46.4 Å².